The molecule has 0 spiro atoms. The van der Waals surface area contributed by atoms with Gasteiger partial charge in [-0.3, -0.25) is 4.90 Å². The maximum absolute atomic E-state index is 5.07. The molecule has 3 heterocycles. The van der Waals surface area contributed by atoms with Crippen molar-refractivity contribution in [1.82, 2.24) is 19.9 Å². The molecule has 0 bridgehead atoms. The number of piperazine rings is 1. The Morgan fingerprint density at radius 2 is 1.88 bits per heavy atom. The Balaban J connectivity index is 1.47. The van der Waals surface area contributed by atoms with Gasteiger partial charge in [0, 0.05) is 50.1 Å². The molecular formula is C19H27N5O. The largest absolute Gasteiger partial charge is 0.451 e. The summed E-state index contributed by atoms with van der Waals surface area (Å²) in [5.74, 6) is 2.73. The molecular weight excluding hydrogens is 314 g/mol. The van der Waals surface area contributed by atoms with Crippen molar-refractivity contribution in [2.75, 3.05) is 31.1 Å². The van der Waals surface area contributed by atoms with E-state index in [1.54, 1.807) is 6.26 Å². The lowest BCUT2D eigenvalue weighted by molar-refractivity contribution is 0.246. The van der Waals surface area contributed by atoms with Gasteiger partial charge in [0.25, 0.3) is 0 Å². The Labute approximate surface area is 149 Å². The molecule has 0 amide bonds. The summed E-state index contributed by atoms with van der Waals surface area (Å²) in [6.45, 7) is 11.5. The molecule has 1 saturated heterocycles. The highest BCUT2D eigenvalue weighted by molar-refractivity contribution is 5.42. The van der Waals surface area contributed by atoms with Crippen molar-refractivity contribution in [2.45, 2.75) is 51.5 Å². The van der Waals surface area contributed by atoms with Crippen LogP contribution >= 0.6 is 0 Å². The maximum Gasteiger partial charge on any atom is 0.180 e. The molecule has 1 aliphatic heterocycles. The summed E-state index contributed by atoms with van der Waals surface area (Å²) in [6.07, 6.45) is 5.70. The highest BCUT2D eigenvalue weighted by Gasteiger charge is 2.30. The Kier molecular flexibility index (Phi) is 4.23. The zero-order chi connectivity index (χ0) is 17.4. The molecule has 0 radical (unpaired) electrons. The average Bonchev–Trinajstić information content (AvgIpc) is 3.32. The minimum atomic E-state index is 0.0517. The van der Waals surface area contributed by atoms with Gasteiger partial charge in [0.2, 0.25) is 0 Å². The molecule has 6 nitrogen and oxygen atoms in total. The molecule has 1 aliphatic carbocycles. The van der Waals surface area contributed by atoms with Gasteiger partial charge in [-0.05, 0) is 12.8 Å². The van der Waals surface area contributed by atoms with Gasteiger partial charge in [-0.2, -0.15) is 0 Å². The van der Waals surface area contributed by atoms with Crippen molar-refractivity contribution >= 4 is 5.82 Å². The molecule has 2 fully saturated rings. The summed E-state index contributed by atoms with van der Waals surface area (Å²) in [7, 11) is 0. The Morgan fingerprint density at radius 3 is 2.48 bits per heavy atom. The minimum Gasteiger partial charge on any atom is -0.451 e. The Morgan fingerprint density at radius 1 is 1.12 bits per heavy atom. The van der Waals surface area contributed by atoms with Crippen LogP contribution in [0.1, 0.15) is 56.7 Å². The van der Waals surface area contributed by atoms with E-state index in [9.17, 15) is 0 Å². The fraction of sp³-hybridized carbons (Fsp3) is 0.632. The van der Waals surface area contributed by atoms with Crippen molar-refractivity contribution < 1.29 is 4.42 Å². The zero-order valence-electron chi connectivity index (χ0n) is 15.4. The average molecular weight is 341 g/mol. The van der Waals surface area contributed by atoms with E-state index in [0.717, 1.165) is 55.8 Å². The van der Waals surface area contributed by atoms with Gasteiger partial charge in [0.05, 0.1) is 11.4 Å². The van der Waals surface area contributed by atoms with Crippen molar-refractivity contribution in [1.29, 1.82) is 0 Å². The van der Waals surface area contributed by atoms with Crippen LogP contribution < -0.4 is 4.90 Å². The number of hydrogen-bond acceptors (Lipinski definition) is 6. The predicted octanol–water partition coefficient (Wildman–Crippen LogP) is 2.96. The lowest BCUT2D eigenvalue weighted by Gasteiger charge is -2.35. The Bertz CT molecular complexity index is 710. The van der Waals surface area contributed by atoms with E-state index < -0.39 is 0 Å². The van der Waals surface area contributed by atoms with Crippen LogP contribution in [0.5, 0.6) is 0 Å². The number of anilines is 1. The molecule has 6 heteroatoms. The molecule has 2 aliphatic rings. The van der Waals surface area contributed by atoms with Crippen molar-refractivity contribution in [3.8, 4) is 0 Å². The first-order valence-electron chi connectivity index (χ1n) is 9.23. The number of rotatable bonds is 4. The lowest BCUT2D eigenvalue weighted by atomic mass is 9.91. The normalized spacial score (nSPS) is 19.4. The summed E-state index contributed by atoms with van der Waals surface area (Å²) < 4.78 is 5.07. The summed E-state index contributed by atoms with van der Waals surface area (Å²) in [4.78, 5) is 18.8. The lowest BCUT2D eigenvalue weighted by Crippen LogP contribution is -2.46. The topological polar surface area (TPSA) is 58.3 Å². The van der Waals surface area contributed by atoms with E-state index in [1.165, 1.54) is 19.2 Å². The van der Waals surface area contributed by atoms with Crippen LogP contribution in [0.15, 0.2) is 23.1 Å². The van der Waals surface area contributed by atoms with Crippen molar-refractivity contribution in [3.05, 3.63) is 35.9 Å². The molecule has 0 unspecified atom stereocenters. The summed E-state index contributed by atoms with van der Waals surface area (Å²) in [6, 6.07) is 2.19. The second-order valence-electron chi connectivity index (χ2n) is 8.24. The molecule has 0 aromatic carbocycles. The highest BCUT2D eigenvalue weighted by atomic mass is 16.3. The van der Waals surface area contributed by atoms with Gasteiger partial charge in [0.15, 0.2) is 6.39 Å². The van der Waals surface area contributed by atoms with Crippen LogP contribution in [-0.4, -0.2) is 46.0 Å². The zero-order valence-corrected chi connectivity index (χ0v) is 15.4. The van der Waals surface area contributed by atoms with Crippen molar-refractivity contribution in [3.63, 3.8) is 0 Å². The number of hydrogen-bond donors (Lipinski definition) is 0. The van der Waals surface area contributed by atoms with Crippen molar-refractivity contribution in [2.24, 2.45) is 0 Å². The highest BCUT2D eigenvalue weighted by Crippen LogP contribution is 2.39. The second-order valence-corrected chi connectivity index (χ2v) is 8.24. The van der Waals surface area contributed by atoms with E-state index in [1.807, 2.05) is 0 Å². The molecule has 2 aromatic heterocycles. The van der Waals surface area contributed by atoms with Gasteiger partial charge >= 0.3 is 0 Å². The van der Waals surface area contributed by atoms with Crippen LogP contribution in [0.3, 0.4) is 0 Å². The molecule has 0 N–H and O–H groups in total. The van der Waals surface area contributed by atoms with E-state index >= 15 is 0 Å². The number of nitrogens with zero attached hydrogens (tertiary/aromatic N) is 5. The van der Waals surface area contributed by atoms with Gasteiger partial charge in [-0.25, -0.2) is 15.0 Å². The summed E-state index contributed by atoms with van der Waals surface area (Å²) in [5, 5.41) is 0. The third-order valence-corrected chi connectivity index (χ3v) is 5.01. The predicted molar refractivity (Wildman–Crippen MR) is 96.7 cm³/mol. The van der Waals surface area contributed by atoms with Crippen LogP contribution in [-0.2, 0) is 12.0 Å². The first-order valence-corrected chi connectivity index (χ1v) is 9.23. The second kappa shape index (κ2) is 6.41. The van der Waals surface area contributed by atoms with E-state index in [0.29, 0.717) is 5.92 Å². The third-order valence-electron chi connectivity index (χ3n) is 5.01. The molecule has 2 aromatic rings. The van der Waals surface area contributed by atoms with Gasteiger partial charge in [-0.1, -0.05) is 20.8 Å². The van der Waals surface area contributed by atoms with Gasteiger partial charge in [0.1, 0.15) is 17.9 Å². The molecule has 1 saturated carbocycles. The first-order chi connectivity index (χ1) is 12.0. The number of aromatic nitrogens is 3. The third kappa shape index (κ3) is 3.84. The summed E-state index contributed by atoms with van der Waals surface area (Å²) in [5.41, 5.74) is 2.21. The molecule has 25 heavy (non-hydrogen) atoms. The smallest absolute Gasteiger partial charge is 0.180 e. The van der Waals surface area contributed by atoms with E-state index in [2.05, 4.69) is 41.6 Å². The molecule has 4 rings (SSSR count). The molecule has 0 atom stereocenters. The standard InChI is InChI=1S/C19H27N5O/c1-19(2,3)16-10-17(22-18(21-16)14-4-5-14)24-8-6-23(7-9-24)11-15-12-25-13-20-15/h10,12-14H,4-9,11H2,1-3H3. The van der Waals surface area contributed by atoms with Crippen LogP contribution in [0.25, 0.3) is 0 Å². The summed E-state index contributed by atoms with van der Waals surface area (Å²) >= 11 is 0. The fourth-order valence-corrected chi connectivity index (χ4v) is 3.20. The maximum atomic E-state index is 5.07. The van der Waals surface area contributed by atoms with E-state index in [4.69, 9.17) is 14.4 Å². The van der Waals surface area contributed by atoms with Crippen LogP contribution in [0.2, 0.25) is 0 Å². The van der Waals surface area contributed by atoms with Crippen LogP contribution in [0, 0.1) is 0 Å². The molecule has 134 valence electrons. The van der Waals surface area contributed by atoms with Gasteiger partial charge < -0.3 is 9.32 Å². The Hall–Kier alpha value is -1.95. The number of oxazole rings is 1. The SMILES string of the molecule is CC(C)(C)c1cc(N2CCN(Cc3cocn3)CC2)nc(C2CC2)n1. The first kappa shape index (κ1) is 16.5. The van der Waals surface area contributed by atoms with E-state index in [-0.39, 0.29) is 5.41 Å². The quantitative estimate of drug-likeness (QED) is 0.852. The van der Waals surface area contributed by atoms with Crippen LogP contribution in [0.4, 0.5) is 5.82 Å². The van der Waals surface area contributed by atoms with Gasteiger partial charge in [-0.15, -0.1) is 0 Å². The monoisotopic (exact) mass is 341 g/mol. The fourth-order valence-electron chi connectivity index (χ4n) is 3.20. The minimum absolute atomic E-state index is 0.0517.